The van der Waals surface area contributed by atoms with Crippen LogP contribution in [-0.2, 0) is 0 Å². The van der Waals surface area contributed by atoms with Crippen molar-refractivity contribution in [2.45, 2.75) is 58.0 Å². The standard InChI is InChI=1S/C12H22N/c1-3-13-10(2)8-9-11-6-4-5-7-12(11)13/h5,10-12H,3-4,6-9H2,1-2H3/q+1/t10?,11-,12-/m1/s1. The van der Waals surface area contributed by atoms with Gasteiger partial charge in [0.15, 0.2) is 0 Å². The molecule has 0 radical (unpaired) electrons. The highest BCUT2D eigenvalue weighted by molar-refractivity contribution is 4.94. The van der Waals surface area contributed by atoms with E-state index in [-0.39, 0.29) is 0 Å². The molecule has 3 atom stereocenters. The molecule has 74 valence electrons. The van der Waals surface area contributed by atoms with E-state index in [4.69, 9.17) is 0 Å². The summed E-state index contributed by atoms with van der Waals surface area (Å²) in [5, 5.41) is 0. The van der Waals surface area contributed by atoms with Gasteiger partial charge in [0.05, 0.1) is 18.9 Å². The number of hydrogen-bond acceptors (Lipinski definition) is 1. The molecule has 1 nitrogen and oxygen atoms in total. The van der Waals surface area contributed by atoms with Gasteiger partial charge in [-0.3, -0.25) is 4.90 Å². The van der Waals surface area contributed by atoms with E-state index < -0.39 is 0 Å². The Labute approximate surface area is 82.5 Å². The van der Waals surface area contributed by atoms with Crippen LogP contribution in [0.4, 0.5) is 0 Å². The van der Waals surface area contributed by atoms with Crippen LogP contribution in [0.1, 0.15) is 46.0 Å². The summed E-state index contributed by atoms with van der Waals surface area (Å²) in [6.07, 6.45) is 9.58. The maximum atomic E-state index is 2.73. The van der Waals surface area contributed by atoms with Crippen molar-refractivity contribution in [2.75, 3.05) is 6.54 Å². The second kappa shape index (κ2) is 3.91. The molecule has 13 heavy (non-hydrogen) atoms. The molecule has 0 aromatic carbocycles. The molecule has 0 spiro atoms. The quantitative estimate of drug-likeness (QED) is 0.561. The van der Waals surface area contributed by atoms with Crippen molar-refractivity contribution >= 4 is 0 Å². The van der Waals surface area contributed by atoms with Gasteiger partial charge in [-0.1, -0.05) is 6.92 Å². The molecule has 1 aliphatic heterocycles. The first-order valence-corrected chi connectivity index (χ1v) is 5.90. The third kappa shape index (κ3) is 1.71. The van der Waals surface area contributed by atoms with Crippen LogP contribution in [-0.4, -0.2) is 23.5 Å². The molecule has 2 aliphatic rings. The fourth-order valence-corrected chi connectivity index (χ4v) is 3.24. The SMILES string of the molecule is CCN1C(C)CC[C@H]2CC[CH+]C[C@H]21. The summed E-state index contributed by atoms with van der Waals surface area (Å²) >= 11 is 0. The zero-order valence-corrected chi connectivity index (χ0v) is 9.00. The largest absolute Gasteiger partial charge is 0.293 e. The van der Waals surface area contributed by atoms with Gasteiger partial charge in [-0.25, -0.2) is 0 Å². The minimum absolute atomic E-state index is 0.831. The Bertz CT molecular complexity index is 167. The average molecular weight is 180 g/mol. The van der Waals surface area contributed by atoms with Gasteiger partial charge >= 0.3 is 0 Å². The van der Waals surface area contributed by atoms with Crippen LogP contribution in [0, 0.1) is 12.3 Å². The maximum Gasteiger partial charge on any atom is 0.103 e. The fraction of sp³-hybridized carbons (Fsp3) is 0.917. The lowest BCUT2D eigenvalue weighted by atomic mass is 9.76. The maximum absolute atomic E-state index is 2.73. The average Bonchev–Trinajstić information content (AvgIpc) is 2.18. The second-order valence-corrected chi connectivity index (χ2v) is 4.69. The Morgan fingerprint density at radius 3 is 2.92 bits per heavy atom. The van der Waals surface area contributed by atoms with Gasteiger partial charge in [-0.2, -0.15) is 0 Å². The number of piperidine rings is 1. The van der Waals surface area contributed by atoms with Crippen molar-refractivity contribution in [3.05, 3.63) is 6.42 Å². The van der Waals surface area contributed by atoms with E-state index >= 15 is 0 Å². The summed E-state index contributed by atoms with van der Waals surface area (Å²) in [4.78, 5) is 2.73. The Morgan fingerprint density at radius 1 is 1.31 bits per heavy atom. The highest BCUT2D eigenvalue weighted by atomic mass is 15.2. The highest BCUT2D eigenvalue weighted by Crippen LogP contribution is 2.36. The molecule has 1 heterocycles. The van der Waals surface area contributed by atoms with Crippen LogP contribution in [0.2, 0.25) is 0 Å². The van der Waals surface area contributed by atoms with Crippen molar-refractivity contribution in [3.8, 4) is 0 Å². The lowest BCUT2D eigenvalue weighted by molar-refractivity contribution is 0.0376. The Hall–Kier alpha value is -0.170. The number of hydrogen-bond donors (Lipinski definition) is 0. The predicted molar refractivity (Wildman–Crippen MR) is 56.5 cm³/mol. The van der Waals surface area contributed by atoms with Crippen molar-refractivity contribution in [2.24, 2.45) is 5.92 Å². The first kappa shape index (κ1) is 9.39. The van der Waals surface area contributed by atoms with Gasteiger partial charge in [-0.15, -0.1) is 0 Å². The summed E-state index contributed by atoms with van der Waals surface area (Å²) in [6, 6.07) is 1.72. The predicted octanol–water partition coefficient (Wildman–Crippen LogP) is 2.86. The molecule has 0 amide bonds. The number of fused-ring (bicyclic) bond motifs is 1. The molecule has 2 fully saturated rings. The summed E-state index contributed by atoms with van der Waals surface area (Å²) < 4.78 is 0. The number of rotatable bonds is 1. The topological polar surface area (TPSA) is 3.24 Å². The van der Waals surface area contributed by atoms with E-state index in [1.807, 2.05) is 0 Å². The molecule has 0 aromatic rings. The van der Waals surface area contributed by atoms with Crippen molar-refractivity contribution in [1.29, 1.82) is 0 Å². The van der Waals surface area contributed by atoms with Crippen molar-refractivity contribution in [3.63, 3.8) is 0 Å². The van der Waals surface area contributed by atoms with Gasteiger partial charge in [0.1, 0.15) is 6.42 Å². The van der Waals surface area contributed by atoms with E-state index in [2.05, 4.69) is 25.2 Å². The first-order chi connectivity index (χ1) is 6.33. The molecule has 1 saturated carbocycles. The van der Waals surface area contributed by atoms with Crippen LogP contribution >= 0.6 is 0 Å². The van der Waals surface area contributed by atoms with Crippen LogP contribution in [0.3, 0.4) is 0 Å². The number of likely N-dealkylation sites (tertiary alicyclic amines) is 1. The van der Waals surface area contributed by atoms with E-state index in [0.29, 0.717) is 0 Å². The van der Waals surface area contributed by atoms with Crippen LogP contribution in [0.25, 0.3) is 0 Å². The minimum atomic E-state index is 0.831. The summed E-state index contributed by atoms with van der Waals surface area (Å²) in [7, 11) is 0. The van der Waals surface area contributed by atoms with Crippen molar-refractivity contribution in [1.82, 2.24) is 4.90 Å². The molecule has 1 aliphatic carbocycles. The van der Waals surface area contributed by atoms with Crippen LogP contribution < -0.4 is 0 Å². The second-order valence-electron chi connectivity index (χ2n) is 4.69. The van der Waals surface area contributed by atoms with Gasteiger partial charge in [0, 0.05) is 6.04 Å². The third-order valence-electron chi connectivity index (χ3n) is 4.01. The zero-order valence-electron chi connectivity index (χ0n) is 9.00. The Morgan fingerprint density at radius 2 is 2.15 bits per heavy atom. The number of nitrogens with zero attached hydrogens (tertiary/aromatic N) is 1. The Kier molecular flexibility index (Phi) is 2.83. The smallest absolute Gasteiger partial charge is 0.103 e. The van der Waals surface area contributed by atoms with E-state index in [1.165, 1.54) is 38.6 Å². The van der Waals surface area contributed by atoms with Crippen molar-refractivity contribution < 1.29 is 0 Å². The first-order valence-electron chi connectivity index (χ1n) is 5.90. The lowest BCUT2D eigenvalue weighted by Gasteiger charge is -2.44. The van der Waals surface area contributed by atoms with Gasteiger partial charge < -0.3 is 0 Å². The van der Waals surface area contributed by atoms with Crippen LogP contribution in [0.15, 0.2) is 0 Å². The molecule has 1 heteroatoms. The summed E-state index contributed by atoms with van der Waals surface area (Å²) in [5.74, 6) is 1.01. The highest BCUT2D eigenvalue weighted by Gasteiger charge is 2.38. The molecule has 0 N–H and O–H groups in total. The zero-order chi connectivity index (χ0) is 9.26. The van der Waals surface area contributed by atoms with Gasteiger partial charge in [0.2, 0.25) is 0 Å². The molecule has 0 bridgehead atoms. The fourth-order valence-electron chi connectivity index (χ4n) is 3.24. The van der Waals surface area contributed by atoms with Crippen LogP contribution in [0.5, 0.6) is 0 Å². The molecule has 1 unspecified atom stereocenters. The lowest BCUT2D eigenvalue weighted by Crippen LogP contribution is -2.50. The summed E-state index contributed by atoms with van der Waals surface area (Å²) in [5.41, 5.74) is 0. The molecule has 0 aromatic heterocycles. The minimum Gasteiger partial charge on any atom is -0.293 e. The normalized spacial score (nSPS) is 40.9. The third-order valence-corrected chi connectivity index (χ3v) is 4.01. The molecular weight excluding hydrogens is 158 g/mol. The van der Waals surface area contributed by atoms with Gasteiger partial charge in [-0.05, 0) is 38.6 Å². The molecular formula is C12H22N+. The summed E-state index contributed by atoms with van der Waals surface area (Å²) in [6.45, 7) is 5.96. The molecule has 1 saturated heterocycles. The van der Waals surface area contributed by atoms with E-state index in [9.17, 15) is 0 Å². The monoisotopic (exact) mass is 180 g/mol. The van der Waals surface area contributed by atoms with E-state index in [0.717, 1.165) is 18.0 Å². The van der Waals surface area contributed by atoms with E-state index in [1.54, 1.807) is 0 Å². The Balaban J connectivity index is 2.04. The molecule has 2 rings (SSSR count). The van der Waals surface area contributed by atoms with Gasteiger partial charge in [0.25, 0.3) is 0 Å².